The molecule has 29 heavy (non-hydrogen) atoms. The topological polar surface area (TPSA) is 59.5 Å². The summed E-state index contributed by atoms with van der Waals surface area (Å²) in [5.41, 5.74) is 0.603. The third-order valence-electron chi connectivity index (χ3n) is 5.90. The molecule has 0 spiro atoms. The summed E-state index contributed by atoms with van der Waals surface area (Å²) in [6.07, 6.45) is 10.2. The van der Waals surface area contributed by atoms with Gasteiger partial charge in [0.05, 0.1) is 18.7 Å². The lowest BCUT2D eigenvalue weighted by atomic mass is 9.96. The quantitative estimate of drug-likeness (QED) is 0.788. The number of nitrogens with one attached hydrogen (secondary N) is 1. The van der Waals surface area contributed by atoms with Crippen molar-refractivity contribution in [3.8, 4) is 5.75 Å². The van der Waals surface area contributed by atoms with E-state index in [9.17, 15) is 4.39 Å². The minimum Gasteiger partial charge on any atom is -0.489 e. The van der Waals surface area contributed by atoms with E-state index < -0.39 is 0 Å². The molecule has 1 aromatic carbocycles. The fraction of sp³-hybridized carbons (Fsp3) is 0.636. The lowest BCUT2D eigenvalue weighted by Gasteiger charge is -2.26. The molecule has 0 bridgehead atoms. The van der Waals surface area contributed by atoms with Crippen molar-refractivity contribution in [3.63, 3.8) is 0 Å². The van der Waals surface area contributed by atoms with Crippen LogP contribution < -0.4 is 10.1 Å². The number of nitrogens with zero attached hydrogens (tertiary/aromatic N) is 3. The molecule has 0 atom stereocenters. The minimum atomic E-state index is -0.380. The zero-order valence-corrected chi connectivity index (χ0v) is 17.0. The minimum absolute atomic E-state index is 0.265. The molecule has 1 aromatic heterocycles. The third-order valence-corrected chi connectivity index (χ3v) is 5.90. The molecule has 4 rings (SSSR count). The Bertz CT molecular complexity index is 790. The van der Waals surface area contributed by atoms with Crippen molar-refractivity contribution in [1.82, 2.24) is 14.9 Å². The molecule has 6 nitrogen and oxygen atoms in total. The molecule has 0 radical (unpaired) electrons. The van der Waals surface area contributed by atoms with Gasteiger partial charge >= 0.3 is 0 Å². The maximum atomic E-state index is 14.5. The number of halogens is 1. The van der Waals surface area contributed by atoms with E-state index in [1.54, 1.807) is 6.07 Å². The molecule has 2 aliphatic rings. The van der Waals surface area contributed by atoms with Crippen LogP contribution in [0.15, 0.2) is 18.5 Å². The molecule has 2 fully saturated rings. The smallest absolute Gasteiger partial charge is 0.167 e. The van der Waals surface area contributed by atoms with E-state index in [0.29, 0.717) is 18.2 Å². The molecule has 0 amide bonds. The van der Waals surface area contributed by atoms with Gasteiger partial charge < -0.3 is 14.8 Å². The van der Waals surface area contributed by atoms with Crippen molar-refractivity contribution in [3.05, 3.63) is 24.3 Å². The number of fused-ring (bicyclic) bond motifs is 1. The van der Waals surface area contributed by atoms with Crippen LogP contribution in [0, 0.1) is 5.82 Å². The van der Waals surface area contributed by atoms with Gasteiger partial charge in [0.2, 0.25) is 0 Å². The van der Waals surface area contributed by atoms with Crippen molar-refractivity contribution in [2.24, 2.45) is 0 Å². The highest BCUT2D eigenvalue weighted by molar-refractivity contribution is 5.90. The van der Waals surface area contributed by atoms with Crippen molar-refractivity contribution >= 4 is 16.7 Å². The van der Waals surface area contributed by atoms with Crippen LogP contribution in [0.2, 0.25) is 0 Å². The molecule has 2 aromatic rings. The monoisotopic (exact) mass is 402 g/mol. The molecule has 1 saturated carbocycles. The zero-order chi connectivity index (χ0) is 19.9. The fourth-order valence-corrected chi connectivity index (χ4v) is 4.19. The molecule has 1 aliphatic heterocycles. The van der Waals surface area contributed by atoms with E-state index in [0.717, 1.165) is 56.9 Å². The maximum Gasteiger partial charge on any atom is 0.167 e. The lowest BCUT2D eigenvalue weighted by Crippen LogP contribution is -2.38. The van der Waals surface area contributed by atoms with E-state index in [1.807, 2.05) is 0 Å². The maximum absolute atomic E-state index is 14.5. The van der Waals surface area contributed by atoms with E-state index >= 15 is 0 Å². The van der Waals surface area contributed by atoms with Gasteiger partial charge in [-0.25, -0.2) is 14.4 Å². The highest BCUT2D eigenvalue weighted by Gasteiger charge is 2.16. The van der Waals surface area contributed by atoms with Gasteiger partial charge in [-0.1, -0.05) is 32.1 Å². The first-order chi connectivity index (χ1) is 14.3. The number of anilines is 1. The van der Waals surface area contributed by atoms with Crippen molar-refractivity contribution in [2.45, 2.75) is 51.0 Å². The van der Waals surface area contributed by atoms with Crippen LogP contribution >= 0.6 is 0 Å². The Morgan fingerprint density at radius 1 is 1.07 bits per heavy atom. The SMILES string of the molecule is Fc1cc2ncnc(NC3CCCCCCC3)c2cc1OCCN1CCOCC1. The van der Waals surface area contributed by atoms with Crippen LogP contribution in [0.3, 0.4) is 0 Å². The van der Waals surface area contributed by atoms with Crippen molar-refractivity contribution in [2.75, 3.05) is 44.8 Å². The number of benzene rings is 1. The normalized spacial score (nSPS) is 19.6. The Balaban J connectivity index is 1.46. The fourth-order valence-electron chi connectivity index (χ4n) is 4.19. The second kappa shape index (κ2) is 10.2. The molecule has 1 saturated heterocycles. The number of hydrogen-bond acceptors (Lipinski definition) is 6. The Labute approximate surface area is 171 Å². The Morgan fingerprint density at radius 3 is 2.62 bits per heavy atom. The van der Waals surface area contributed by atoms with Gasteiger partial charge in [0.1, 0.15) is 18.8 Å². The van der Waals surface area contributed by atoms with Gasteiger partial charge in [-0.15, -0.1) is 0 Å². The summed E-state index contributed by atoms with van der Waals surface area (Å²) < 4.78 is 25.7. The van der Waals surface area contributed by atoms with Crippen LogP contribution in [0.25, 0.3) is 10.9 Å². The first-order valence-corrected chi connectivity index (χ1v) is 10.9. The second-order valence-electron chi connectivity index (χ2n) is 8.01. The van der Waals surface area contributed by atoms with Crippen LogP contribution in [-0.4, -0.2) is 60.4 Å². The summed E-state index contributed by atoms with van der Waals surface area (Å²) in [5.74, 6) is 0.662. The highest BCUT2D eigenvalue weighted by Crippen LogP contribution is 2.29. The van der Waals surface area contributed by atoms with Crippen LogP contribution in [0.4, 0.5) is 10.2 Å². The first-order valence-electron chi connectivity index (χ1n) is 10.9. The summed E-state index contributed by atoms with van der Waals surface area (Å²) >= 11 is 0. The highest BCUT2D eigenvalue weighted by atomic mass is 19.1. The third kappa shape index (κ3) is 5.54. The van der Waals surface area contributed by atoms with Crippen LogP contribution in [0.1, 0.15) is 44.9 Å². The number of aromatic nitrogens is 2. The molecule has 2 heterocycles. The van der Waals surface area contributed by atoms with E-state index in [2.05, 4.69) is 20.2 Å². The lowest BCUT2D eigenvalue weighted by molar-refractivity contribution is 0.0320. The largest absolute Gasteiger partial charge is 0.489 e. The van der Waals surface area contributed by atoms with E-state index in [4.69, 9.17) is 9.47 Å². The summed E-state index contributed by atoms with van der Waals surface area (Å²) in [7, 11) is 0. The van der Waals surface area contributed by atoms with Gasteiger partial charge in [0, 0.05) is 37.1 Å². The standard InChI is InChI=1S/C22H31FN4O2/c23-19-15-20-18(14-21(19)29-13-10-27-8-11-28-12-9-27)22(25-16-24-20)26-17-6-4-2-1-3-5-7-17/h14-17H,1-13H2,(H,24,25,26). The molecule has 158 valence electrons. The summed E-state index contributed by atoms with van der Waals surface area (Å²) in [6, 6.07) is 3.60. The van der Waals surface area contributed by atoms with Crippen LogP contribution in [-0.2, 0) is 4.74 Å². The zero-order valence-electron chi connectivity index (χ0n) is 17.0. The predicted molar refractivity (Wildman–Crippen MR) is 112 cm³/mol. The average molecular weight is 403 g/mol. The Kier molecular flexibility index (Phi) is 7.11. The van der Waals surface area contributed by atoms with Gasteiger partial charge in [-0.05, 0) is 18.9 Å². The summed E-state index contributed by atoms with van der Waals surface area (Å²) in [4.78, 5) is 11.0. The van der Waals surface area contributed by atoms with Crippen LogP contribution in [0.5, 0.6) is 5.75 Å². The molecule has 1 aliphatic carbocycles. The van der Waals surface area contributed by atoms with E-state index in [1.165, 1.54) is 44.5 Å². The Hall–Kier alpha value is -1.99. The van der Waals surface area contributed by atoms with Gasteiger partial charge in [-0.2, -0.15) is 0 Å². The second-order valence-corrected chi connectivity index (χ2v) is 8.01. The summed E-state index contributed by atoms with van der Waals surface area (Å²) in [6.45, 7) is 4.50. The van der Waals surface area contributed by atoms with E-state index in [-0.39, 0.29) is 11.6 Å². The number of rotatable bonds is 6. The van der Waals surface area contributed by atoms with Gasteiger partial charge in [-0.3, -0.25) is 4.90 Å². The van der Waals surface area contributed by atoms with Gasteiger partial charge in [0.25, 0.3) is 0 Å². The molecular weight excluding hydrogens is 371 g/mol. The summed E-state index contributed by atoms with van der Waals surface area (Å²) in [5, 5.41) is 4.41. The van der Waals surface area contributed by atoms with Gasteiger partial charge in [0.15, 0.2) is 11.6 Å². The van der Waals surface area contributed by atoms with Crippen molar-refractivity contribution in [1.29, 1.82) is 0 Å². The first kappa shape index (κ1) is 20.3. The predicted octanol–water partition coefficient (Wildman–Crippen LogP) is 4.00. The average Bonchev–Trinajstić information content (AvgIpc) is 2.71. The number of ether oxygens (including phenoxy) is 2. The molecule has 0 unspecified atom stereocenters. The molecule has 7 heteroatoms. The molecule has 1 N–H and O–H groups in total. The molecular formula is C22H31FN4O2. The Morgan fingerprint density at radius 2 is 1.83 bits per heavy atom. The van der Waals surface area contributed by atoms with Crippen molar-refractivity contribution < 1.29 is 13.9 Å². The number of morpholine rings is 1. The number of hydrogen-bond donors (Lipinski definition) is 1.